The Hall–Kier alpha value is -1.37. The van der Waals surface area contributed by atoms with E-state index in [4.69, 9.17) is 0 Å². The smallest absolute Gasteiger partial charge is 0.272 e. The Bertz CT molecular complexity index is 549. The summed E-state index contributed by atoms with van der Waals surface area (Å²) in [4.78, 5) is 11.9. The second-order valence-corrected chi connectivity index (χ2v) is 7.85. The van der Waals surface area contributed by atoms with Gasteiger partial charge in [0.1, 0.15) is 5.69 Å². The third-order valence-electron chi connectivity index (χ3n) is 2.81. The number of sulfone groups is 1. The van der Waals surface area contributed by atoms with Crippen LogP contribution in [0.5, 0.6) is 0 Å². The number of carbonyl (C=O) groups is 1. The Morgan fingerprint density at radius 2 is 2.05 bits per heavy atom. The minimum atomic E-state index is -3.10. The van der Waals surface area contributed by atoms with Crippen LogP contribution in [0.1, 0.15) is 43.9 Å². The molecule has 0 bridgehead atoms. The highest BCUT2D eigenvalue weighted by Gasteiger charge is 2.18. The van der Waals surface area contributed by atoms with Gasteiger partial charge in [-0.1, -0.05) is 20.8 Å². The lowest BCUT2D eigenvalue weighted by molar-refractivity contribution is 0.0938. The molecule has 0 radical (unpaired) electrons. The highest BCUT2D eigenvalue weighted by atomic mass is 32.2. The summed E-state index contributed by atoms with van der Waals surface area (Å²) < 4.78 is 23.0. The van der Waals surface area contributed by atoms with Gasteiger partial charge in [0.05, 0.1) is 5.75 Å². The molecule has 1 rings (SSSR count). The molecule has 0 saturated heterocycles. The van der Waals surface area contributed by atoms with Crippen LogP contribution < -0.4 is 5.32 Å². The molecule has 1 heterocycles. The first-order valence-electron chi connectivity index (χ1n) is 6.79. The molecule has 0 aliphatic carbocycles. The zero-order chi connectivity index (χ0) is 15.3. The van der Waals surface area contributed by atoms with Gasteiger partial charge in [-0.3, -0.25) is 9.89 Å². The van der Waals surface area contributed by atoms with Crippen molar-refractivity contribution in [3.8, 4) is 0 Å². The minimum absolute atomic E-state index is 0.0570. The van der Waals surface area contributed by atoms with Crippen LogP contribution >= 0.6 is 0 Å². The maximum absolute atomic E-state index is 11.9. The van der Waals surface area contributed by atoms with E-state index in [2.05, 4.69) is 29.4 Å². The molecule has 2 N–H and O–H groups in total. The van der Waals surface area contributed by atoms with Gasteiger partial charge in [-0.25, -0.2) is 8.42 Å². The van der Waals surface area contributed by atoms with Crippen LogP contribution in [0.3, 0.4) is 0 Å². The van der Waals surface area contributed by atoms with Gasteiger partial charge in [-0.05, 0) is 25.3 Å². The third kappa shape index (κ3) is 5.32. The Balaban J connectivity index is 2.60. The predicted molar refractivity (Wildman–Crippen MR) is 78.4 cm³/mol. The second kappa shape index (κ2) is 6.88. The van der Waals surface area contributed by atoms with Gasteiger partial charge >= 0.3 is 0 Å². The topological polar surface area (TPSA) is 91.9 Å². The number of rotatable bonds is 7. The fraction of sp³-hybridized carbons (Fsp3) is 0.692. The van der Waals surface area contributed by atoms with Crippen molar-refractivity contribution in [2.75, 3.05) is 11.5 Å². The molecule has 6 nitrogen and oxygen atoms in total. The highest BCUT2D eigenvalue weighted by molar-refractivity contribution is 7.91. The van der Waals surface area contributed by atoms with Gasteiger partial charge in [0.2, 0.25) is 0 Å². The van der Waals surface area contributed by atoms with Crippen LogP contribution in [0.25, 0.3) is 0 Å². The number of aromatic nitrogens is 2. The first-order valence-corrected chi connectivity index (χ1v) is 8.61. The quantitative estimate of drug-likeness (QED) is 0.790. The van der Waals surface area contributed by atoms with Gasteiger partial charge in [0.25, 0.3) is 5.91 Å². The molecular formula is C13H23N3O3S. The number of hydrogen-bond donors (Lipinski definition) is 2. The average Bonchev–Trinajstić information content (AvgIpc) is 2.75. The number of H-pyrrole nitrogens is 1. The zero-order valence-electron chi connectivity index (χ0n) is 12.4. The Morgan fingerprint density at radius 3 is 2.60 bits per heavy atom. The monoisotopic (exact) mass is 301 g/mol. The van der Waals surface area contributed by atoms with E-state index in [0.29, 0.717) is 11.6 Å². The zero-order valence-corrected chi connectivity index (χ0v) is 13.3. The van der Waals surface area contributed by atoms with Gasteiger partial charge in [-0.15, -0.1) is 0 Å². The standard InChI is InChI=1S/C13H23N3O3S/c1-5-20(18,19)8-10(4)14-13(17)12-7-11(15-16-12)6-9(2)3/h7,9-10H,5-6,8H2,1-4H3,(H,14,17)(H,15,16)/t10-/m0/s1. The van der Waals surface area contributed by atoms with Gasteiger partial charge in [-0.2, -0.15) is 5.10 Å². The van der Waals surface area contributed by atoms with Crippen molar-refractivity contribution in [2.24, 2.45) is 5.92 Å². The molecule has 0 aromatic carbocycles. The molecule has 1 atom stereocenters. The number of carbonyl (C=O) groups excluding carboxylic acids is 1. The van der Waals surface area contributed by atoms with E-state index < -0.39 is 15.9 Å². The first kappa shape index (κ1) is 16.7. The van der Waals surface area contributed by atoms with Crippen LogP contribution in [-0.4, -0.2) is 42.1 Å². The number of aromatic amines is 1. The largest absolute Gasteiger partial charge is 0.347 e. The summed E-state index contributed by atoms with van der Waals surface area (Å²) in [7, 11) is -3.10. The lowest BCUT2D eigenvalue weighted by atomic mass is 10.1. The molecule has 0 aliphatic heterocycles. The number of amides is 1. The molecule has 1 aromatic rings. The lowest BCUT2D eigenvalue weighted by Crippen LogP contribution is -2.38. The summed E-state index contributed by atoms with van der Waals surface area (Å²) in [6, 6.07) is 1.27. The lowest BCUT2D eigenvalue weighted by Gasteiger charge is -2.12. The van der Waals surface area contributed by atoms with Crippen molar-refractivity contribution in [3.05, 3.63) is 17.5 Å². The summed E-state index contributed by atoms with van der Waals surface area (Å²) in [6.45, 7) is 7.43. The Morgan fingerprint density at radius 1 is 1.40 bits per heavy atom. The van der Waals surface area contributed by atoms with E-state index in [9.17, 15) is 13.2 Å². The molecule has 7 heteroatoms. The van der Waals surface area contributed by atoms with E-state index in [1.165, 1.54) is 0 Å². The summed E-state index contributed by atoms with van der Waals surface area (Å²) in [5, 5.41) is 9.43. The molecule has 20 heavy (non-hydrogen) atoms. The van der Waals surface area contributed by atoms with E-state index in [-0.39, 0.29) is 17.4 Å². The fourth-order valence-electron chi connectivity index (χ4n) is 1.86. The molecule has 0 saturated carbocycles. The maximum atomic E-state index is 11.9. The number of nitrogens with one attached hydrogen (secondary N) is 2. The Kier molecular flexibility index (Phi) is 5.74. The molecule has 0 aliphatic rings. The number of nitrogens with zero attached hydrogens (tertiary/aromatic N) is 1. The molecule has 114 valence electrons. The van der Waals surface area contributed by atoms with Crippen LogP contribution in [0, 0.1) is 5.92 Å². The predicted octanol–water partition coefficient (Wildman–Crippen LogP) is 1.16. The van der Waals surface area contributed by atoms with Crippen LogP contribution in [0.4, 0.5) is 0 Å². The van der Waals surface area contributed by atoms with Gasteiger partial charge in [0, 0.05) is 17.5 Å². The van der Waals surface area contributed by atoms with Crippen molar-refractivity contribution in [1.29, 1.82) is 0 Å². The van der Waals surface area contributed by atoms with Crippen molar-refractivity contribution >= 4 is 15.7 Å². The first-order chi connectivity index (χ1) is 9.23. The molecule has 0 unspecified atom stereocenters. The molecular weight excluding hydrogens is 278 g/mol. The van der Waals surface area contributed by atoms with Crippen molar-refractivity contribution in [1.82, 2.24) is 15.5 Å². The van der Waals surface area contributed by atoms with Crippen LogP contribution in [-0.2, 0) is 16.3 Å². The Labute approximate surface area is 120 Å². The van der Waals surface area contributed by atoms with E-state index in [1.807, 2.05) is 0 Å². The van der Waals surface area contributed by atoms with Gasteiger partial charge < -0.3 is 5.32 Å². The van der Waals surface area contributed by atoms with Crippen molar-refractivity contribution in [2.45, 2.75) is 40.2 Å². The van der Waals surface area contributed by atoms with Crippen molar-refractivity contribution in [3.63, 3.8) is 0 Å². The summed E-state index contributed by atoms with van der Waals surface area (Å²) >= 11 is 0. The molecule has 1 amide bonds. The normalized spacial score (nSPS) is 13.4. The molecule has 0 fully saturated rings. The maximum Gasteiger partial charge on any atom is 0.272 e. The van der Waals surface area contributed by atoms with E-state index in [1.54, 1.807) is 19.9 Å². The summed E-state index contributed by atoms with van der Waals surface area (Å²) in [5.74, 6) is 0.141. The average molecular weight is 301 g/mol. The number of hydrogen-bond acceptors (Lipinski definition) is 4. The minimum Gasteiger partial charge on any atom is -0.347 e. The SMILES string of the molecule is CCS(=O)(=O)C[C@H](C)NC(=O)c1cc(CC(C)C)[nH]n1. The molecule has 1 aromatic heterocycles. The third-order valence-corrected chi connectivity index (χ3v) is 4.70. The summed E-state index contributed by atoms with van der Waals surface area (Å²) in [6.07, 6.45) is 0.819. The van der Waals surface area contributed by atoms with E-state index >= 15 is 0 Å². The fourth-order valence-corrected chi connectivity index (χ4v) is 2.94. The second-order valence-electron chi connectivity index (χ2n) is 5.45. The highest BCUT2D eigenvalue weighted by Crippen LogP contribution is 2.07. The van der Waals surface area contributed by atoms with Crippen LogP contribution in [0.15, 0.2) is 6.07 Å². The van der Waals surface area contributed by atoms with Crippen molar-refractivity contribution < 1.29 is 13.2 Å². The summed E-state index contributed by atoms with van der Waals surface area (Å²) in [5.41, 5.74) is 1.19. The van der Waals surface area contributed by atoms with Gasteiger partial charge in [0.15, 0.2) is 9.84 Å². The molecule has 0 spiro atoms. The van der Waals surface area contributed by atoms with E-state index in [0.717, 1.165) is 12.1 Å². The van der Waals surface area contributed by atoms with Crippen LogP contribution in [0.2, 0.25) is 0 Å².